The van der Waals surface area contributed by atoms with Crippen molar-refractivity contribution in [3.8, 4) is 11.8 Å². The van der Waals surface area contributed by atoms with Crippen molar-refractivity contribution < 1.29 is 19.4 Å². The van der Waals surface area contributed by atoms with Crippen LogP contribution in [0.4, 0.5) is 5.69 Å². The van der Waals surface area contributed by atoms with Crippen LogP contribution in [0.15, 0.2) is 48.0 Å². The van der Waals surface area contributed by atoms with Crippen LogP contribution in [0.25, 0.3) is 6.08 Å². The fourth-order valence-corrected chi connectivity index (χ4v) is 2.23. The molecule has 0 fully saturated rings. The Kier molecular flexibility index (Phi) is 5.77. The highest BCUT2D eigenvalue weighted by molar-refractivity contribution is 6.34. The van der Waals surface area contributed by atoms with Gasteiger partial charge in [0.25, 0.3) is 5.91 Å². The third-order valence-electron chi connectivity index (χ3n) is 3.24. The van der Waals surface area contributed by atoms with E-state index in [2.05, 4.69) is 5.32 Å². The van der Waals surface area contributed by atoms with Crippen molar-refractivity contribution in [2.75, 3.05) is 12.4 Å². The number of para-hydroxylation sites is 1. The van der Waals surface area contributed by atoms with Crippen LogP contribution in [-0.4, -0.2) is 19.0 Å². The molecule has 0 heterocycles. The Balaban J connectivity index is 2.33. The number of nitrogens with one attached hydrogen (secondary N) is 1. The third-order valence-corrected chi connectivity index (χ3v) is 3.57. The van der Waals surface area contributed by atoms with E-state index in [4.69, 9.17) is 16.3 Å². The first-order valence-electron chi connectivity index (χ1n) is 7.03. The van der Waals surface area contributed by atoms with E-state index in [1.807, 2.05) is 0 Å². The first-order valence-corrected chi connectivity index (χ1v) is 7.41. The second-order valence-corrected chi connectivity index (χ2v) is 5.26. The summed E-state index contributed by atoms with van der Waals surface area (Å²) in [6.45, 7) is 0. The van der Waals surface area contributed by atoms with Crippen molar-refractivity contribution in [1.82, 2.24) is 0 Å². The molecule has 0 radical (unpaired) electrons. The molecule has 0 spiro atoms. The van der Waals surface area contributed by atoms with Gasteiger partial charge in [0.2, 0.25) is 0 Å². The number of ether oxygens (including phenoxy) is 1. The normalized spacial score (nSPS) is 10.7. The SMILES string of the molecule is COc1ccc(/C=C(\C#N)C(=O)Nc2ccccc2Cl)cc1C(=O)[O-]. The molecule has 2 aromatic rings. The number of methoxy groups -OCH3 is 1. The molecule has 1 amide bonds. The molecule has 0 atom stereocenters. The van der Waals surface area contributed by atoms with Crippen LogP contribution in [0, 0.1) is 11.3 Å². The van der Waals surface area contributed by atoms with Crippen molar-refractivity contribution in [2.45, 2.75) is 0 Å². The van der Waals surface area contributed by atoms with Crippen LogP contribution in [-0.2, 0) is 4.79 Å². The van der Waals surface area contributed by atoms with Gasteiger partial charge in [-0.05, 0) is 35.9 Å². The van der Waals surface area contributed by atoms with Crippen LogP contribution in [0.5, 0.6) is 5.75 Å². The monoisotopic (exact) mass is 355 g/mol. The lowest BCUT2D eigenvalue weighted by molar-refractivity contribution is -0.255. The highest BCUT2D eigenvalue weighted by Gasteiger charge is 2.12. The van der Waals surface area contributed by atoms with E-state index in [1.54, 1.807) is 30.3 Å². The predicted molar refractivity (Wildman–Crippen MR) is 91.0 cm³/mol. The maximum Gasteiger partial charge on any atom is 0.266 e. The lowest BCUT2D eigenvalue weighted by Crippen LogP contribution is -2.23. The van der Waals surface area contributed by atoms with Gasteiger partial charge in [-0.2, -0.15) is 5.26 Å². The summed E-state index contributed by atoms with van der Waals surface area (Å²) in [5, 5.41) is 23.2. The summed E-state index contributed by atoms with van der Waals surface area (Å²) in [5.74, 6) is -1.97. The number of halogens is 1. The zero-order chi connectivity index (χ0) is 18.4. The Labute approximate surface area is 148 Å². The molecule has 0 aliphatic heterocycles. The Hall–Kier alpha value is -3.30. The average Bonchev–Trinajstić information content (AvgIpc) is 2.61. The minimum Gasteiger partial charge on any atom is -0.545 e. The molecule has 25 heavy (non-hydrogen) atoms. The smallest absolute Gasteiger partial charge is 0.266 e. The summed E-state index contributed by atoms with van der Waals surface area (Å²) in [4.78, 5) is 23.4. The molecule has 1 N–H and O–H groups in total. The summed E-state index contributed by atoms with van der Waals surface area (Å²) >= 11 is 5.96. The molecule has 2 rings (SSSR count). The van der Waals surface area contributed by atoms with Gasteiger partial charge < -0.3 is 20.0 Å². The molecule has 2 aromatic carbocycles. The number of nitriles is 1. The van der Waals surface area contributed by atoms with Gasteiger partial charge in [0.1, 0.15) is 17.4 Å². The zero-order valence-electron chi connectivity index (χ0n) is 13.1. The summed E-state index contributed by atoms with van der Waals surface area (Å²) in [5.41, 5.74) is 0.306. The Bertz CT molecular complexity index is 900. The van der Waals surface area contributed by atoms with E-state index >= 15 is 0 Å². The molecular weight excluding hydrogens is 344 g/mol. The molecule has 0 bridgehead atoms. The Morgan fingerprint density at radius 3 is 2.60 bits per heavy atom. The molecule has 0 aliphatic rings. The van der Waals surface area contributed by atoms with Crippen LogP contribution in [0.3, 0.4) is 0 Å². The topological polar surface area (TPSA) is 102 Å². The van der Waals surface area contributed by atoms with Crippen molar-refractivity contribution >= 4 is 35.2 Å². The molecular formula is C18H12ClN2O4-. The quantitative estimate of drug-likeness (QED) is 0.654. The molecule has 0 aliphatic carbocycles. The molecule has 6 nitrogen and oxygen atoms in total. The number of aromatic carboxylic acids is 1. The maximum absolute atomic E-state index is 12.2. The number of nitrogens with zero attached hydrogens (tertiary/aromatic N) is 1. The number of carboxylic acid groups (broad SMARTS) is 1. The molecule has 7 heteroatoms. The van der Waals surface area contributed by atoms with Crippen molar-refractivity contribution in [2.24, 2.45) is 0 Å². The number of benzene rings is 2. The number of carbonyl (C=O) groups excluding carboxylic acids is 2. The highest BCUT2D eigenvalue weighted by Crippen LogP contribution is 2.23. The summed E-state index contributed by atoms with van der Waals surface area (Å²) < 4.78 is 4.93. The summed E-state index contributed by atoms with van der Waals surface area (Å²) in [6, 6.07) is 12.6. The van der Waals surface area contributed by atoms with Gasteiger partial charge in [-0.25, -0.2) is 0 Å². The second kappa shape index (κ2) is 7.99. The maximum atomic E-state index is 12.2. The zero-order valence-corrected chi connectivity index (χ0v) is 13.8. The van der Waals surface area contributed by atoms with Crippen LogP contribution in [0.1, 0.15) is 15.9 Å². The van der Waals surface area contributed by atoms with E-state index in [9.17, 15) is 20.0 Å². The fourth-order valence-electron chi connectivity index (χ4n) is 2.04. The highest BCUT2D eigenvalue weighted by atomic mass is 35.5. The van der Waals surface area contributed by atoms with Crippen LogP contribution >= 0.6 is 11.6 Å². The number of amides is 1. The number of rotatable bonds is 5. The van der Waals surface area contributed by atoms with Gasteiger partial charge >= 0.3 is 0 Å². The van der Waals surface area contributed by atoms with E-state index in [1.165, 1.54) is 31.4 Å². The number of anilines is 1. The lowest BCUT2D eigenvalue weighted by atomic mass is 10.1. The fraction of sp³-hybridized carbons (Fsp3) is 0.0556. The number of carbonyl (C=O) groups is 2. The molecule has 0 aromatic heterocycles. The third kappa shape index (κ3) is 4.37. The molecule has 126 valence electrons. The van der Waals surface area contributed by atoms with Gasteiger partial charge in [-0.3, -0.25) is 4.79 Å². The summed E-state index contributed by atoms with van der Waals surface area (Å²) in [6.07, 6.45) is 1.26. The van der Waals surface area contributed by atoms with Crippen molar-refractivity contribution in [3.05, 3.63) is 64.2 Å². The number of carboxylic acids is 1. The number of hydrogen-bond acceptors (Lipinski definition) is 5. The van der Waals surface area contributed by atoms with Crippen LogP contribution < -0.4 is 15.2 Å². The standard InChI is InChI=1S/C18H13ClN2O4/c1-25-16-7-6-11(9-13(16)18(23)24)8-12(10-20)17(22)21-15-5-3-2-4-14(15)19/h2-9H,1H3,(H,21,22)(H,23,24)/p-1/b12-8+. The Morgan fingerprint density at radius 1 is 1.28 bits per heavy atom. The van der Waals surface area contributed by atoms with E-state index in [-0.39, 0.29) is 16.9 Å². The van der Waals surface area contributed by atoms with Gasteiger partial charge in [-0.1, -0.05) is 29.8 Å². The predicted octanol–water partition coefficient (Wildman–Crippen LogP) is 2.26. The van der Waals surface area contributed by atoms with Gasteiger partial charge in [-0.15, -0.1) is 0 Å². The van der Waals surface area contributed by atoms with E-state index in [0.29, 0.717) is 16.3 Å². The van der Waals surface area contributed by atoms with Gasteiger partial charge in [0.15, 0.2) is 0 Å². The number of hydrogen-bond donors (Lipinski definition) is 1. The lowest BCUT2D eigenvalue weighted by Gasteiger charge is -2.10. The molecule has 0 saturated heterocycles. The van der Waals surface area contributed by atoms with Crippen LogP contribution in [0.2, 0.25) is 5.02 Å². The average molecular weight is 356 g/mol. The van der Waals surface area contributed by atoms with E-state index in [0.717, 1.165) is 0 Å². The first-order chi connectivity index (χ1) is 12.0. The first kappa shape index (κ1) is 18.0. The molecule has 0 saturated carbocycles. The Morgan fingerprint density at radius 2 is 2.00 bits per heavy atom. The molecule has 0 unspecified atom stereocenters. The second-order valence-electron chi connectivity index (χ2n) is 4.85. The van der Waals surface area contributed by atoms with Gasteiger partial charge in [0.05, 0.1) is 23.8 Å². The minimum absolute atomic E-state index is 0.121. The largest absolute Gasteiger partial charge is 0.545 e. The van der Waals surface area contributed by atoms with E-state index < -0.39 is 11.9 Å². The summed E-state index contributed by atoms with van der Waals surface area (Å²) in [7, 11) is 1.33. The van der Waals surface area contributed by atoms with Crippen molar-refractivity contribution in [1.29, 1.82) is 5.26 Å². The van der Waals surface area contributed by atoms with Gasteiger partial charge in [0, 0.05) is 5.56 Å². The van der Waals surface area contributed by atoms with Crippen molar-refractivity contribution in [3.63, 3.8) is 0 Å². The minimum atomic E-state index is -1.42.